The zero-order chi connectivity index (χ0) is 10.1. The number of ether oxygens (including phenoxy) is 2. The summed E-state index contributed by atoms with van der Waals surface area (Å²) in [7, 11) is 0. The van der Waals surface area contributed by atoms with Gasteiger partial charge in [-0.15, -0.1) is 0 Å². The molecule has 1 aliphatic carbocycles. The van der Waals surface area contributed by atoms with Crippen molar-refractivity contribution in [2.45, 2.75) is 50.3 Å². The fraction of sp³-hybridized carbons (Fsp3) is 1.00. The van der Waals surface area contributed by atoms with Gasteiger partial charge >= 0.3 is 0 Å². The summed E-state index contributed by atoms with van der Waals surface area (Å²) in [6.45, 7) is 2.69. The number of hydrogen-bond donors (Lipinski definition) is 1. The molecule has 15 heavy (non-hydrogen) atoms. The topological polar surface area (TPSA) is 30.5 Å². The van der Waals surface area contributed by atoms with Crippen molar-refractivity contribution in [3.05, 3.63) is 0 Å². The first-order valence-corrected chi connectivity index (χ1v) is 6.37. The van der Waals surface area contributed by atoms with Crippen LogP contribution in [0.1, 0.15) is 38.5 Å². The molecule has 0 bridgehead atoms. The summed E-state index contributed by atoms with van der Waals surface area (Å²) in [4.78, 5) is 0. The summed E-state index contributed by atoms with van der Waals surface area (Å²) < 4.78 is 11.5. The Morgan fingerprint density at radius 2 is 1.93 bits per heavy atom. The molecule has 2 unspecified atom stereocenters. The highest BCUT2D eigenvalue weighted by Gasteiger charge is 2.42. The fourth-order valence-electron chi connectivity index (χ4n) is 2.90. The first-order chi connectivity index (χ1) is 7.38. The molecule has 2 saturated heterocycles. The van der Waals surface area contributed by atoms with Crippen molar-refractivity contribution in [1.29, 1.82) is 0 Å². The summed E-state index contributed by atoms with van der Waals surface area (Å²) in [5.41, 5.74) is -0.0397. The monoisotopic (exact) mass is 211 g/mol. The van der Waals surface area contributed by atoms with Crippen LogP contribution in [0.25, 0.3) is 0 Å². The maximum Gasteiger partial charge on any atom is 0.121 e. The van der Waals surface area contributed by atoms with Gasteiger partial charge in [0.15, 0.2) is 0 Å². The third kappa shape index (κ3) is 2.19. The van der Waals surface area contributed by atoms with Crippen molar-refractivity contribution >= 4 is 0 Å². The molecular weight excluding hydrogens is 190 g/mol. The van der Waals surface area contributed by atoms with Crippen LogP contribution in [0.3, 0.4) is 0 Å². The van der Waals surface area contributed by atoms with E-state index >= 15 is 0 Å². The number of nitrogens with one attached hydrogen (secondary N) is 1. The lowest BCUT2D eigenvalue weighted by molar-refractivity contribution is -0.122. The maximum absolute atomic E-state index is 6.00. The van der Waals surface area contributed by atoms with Gasteiger partial charge in [-0.1, -0.05) is 0 Å². The van der Waals surface area contributed by atoms with Crippen LogP contribution in [0.5, 0.6) is 0 Å². The molecule has 0 aromatic carbocycles. The second-order valence-corrected chi connectivity index (χ2v) is 5.19. The molecule has 0 aromatic heterocycles. The number of hydrogen-bond acceptors (Lipinski definition) is 3. The van der Waals surface area contributed by atoms with Crippen molar-refractivity contribution in [3.8, 4) is 0 Å². The largest absolute Gasteiger partial charge is 0.381 e. The smallest absolute Gasteiger partial charge is 0.121 e. The van der Waals surface area contributed by atoms with Gasteiger partial charge in [0.25, 0.3) is 0 Å². The van der Waals surface area contributed by atoms with E-state index in [0.29, 0.717) is 0 Å². The molecule has 1 spiro atoms. The molecule has 3 fully saturated rings. The molecule has 86 valence electrons. The number of rotatable bonds is 1. The van der Waals surface area contributed by atoms with Crippen LogP contribution in [-0.4, -0.2) is 31.6 Å². The Labute approximate surface area is 91.5 Å². The zero-order valence-corrected chi connectivity index (χ0v) is 9.34. The standard InChI is InChI=1S/C12H21NO2/c1-5-12(6-9-14-7-1)13-11(4-8-15-12)10-2-3-10/h10-11,13H,1-9H2. The van der Waals surface area contributed by atoms with Gasteiger partial charge in [-0.05, 0) is 38.0 Å². The van der Waals surface area contributed by atoms with Gasteiger partial charge < -0.3 is 9.47 Å². The lowest BCUT2D eigenvalue weighted by atomic mass is 9.97. The van der Waals surface area contributed by atoms with Crippen molar-refractivity contribution < 1.29 is 9.47 Å². The Morgan fingerprint density at radius 3 is 2.80 bits per heavy atom. The van der Waals surface area contributed by atoms with Crippen LogP contribution < -0.4 is 5.32 Å². The quantitative estimate of drug-likeness (QED) is 0.715. The summed E-state index contributed by atoms with van der Waals surface area (Å²) in [5.74, 6) is 0.940. The normalized spacial score (nSPS) is 42.8. The Hall–Kier alpha value is -0.120. The summed E-state index contributed by atoms with van der Waals surface area (Å²) in [6.07, 6.45) is 7.32. The predicted molar refractivity (Wildman–Crippen MR) is 57.6 cm³/mol. The van der Waals surface area contributed by atoms with Crippen LogP contribution in [0.4, 0.5) is 0 Å². The summed E-state index contributed by atoms with van der Waals surface area (Å²) >= 11 is 0. The average Bonchev–Trinajstić information content (AvgIpc) is 3.05. The van der Waals surface area contributed by atoms with E-state index in [0.717, 1.165) is 51.0 Å². The fourth-order valence-corrected chi connectivity index (χ4v) is 2.90. The predicted octanol–water partition coefficient (Wildman–Crippen LogP) is 1.67. The molecule has 3 nitrogen and oxygen atoms in total. The molecule has 2 heterocycles. The van der Waals surface area contributed by atoms with Gasteiger partial charge in [0.1, 0.15) is 5.72 Å². The van der Waals surface area contributed by atoms with E-state index in [1.165, 1.54) is 19.3 Å². The highest BCUT2D eigenvalue weighted by Crippen LogP contribution is 2.38. The molecule has 3 rings (SSSR count). The SMILES string of the molecule is C1COCCC2(C1)NC(C1CC1)CCO2. The Morgan fingerprint density at radius 1 is 1.00 bits per heavy atom. The Bertz CT molecular complexity index is 220. The summed E-state index contributed by atoms with van der Waals surface area (Å²) in [6, 6.07) is 0.719. The van der Waals surface area contributed by atoms with E-state index in [-0.39, 0.29) is 5.72 Å². The minimum Gasteiger partial charge on any atom is -0.381 e. The van der Waals surface area contributed by atoms with Crippen LogP contribution in [0, 0.1) is 5.92 Å². The Kier molecular flexibility index (Phi) is 2.71. The minimum atomic E-state index is -0.0397. The average molecular weight is 211 g/mol. The minimum absolute atomic E-state index is 0.0397. The van der Waals surface area contributed by atoms with Gasteiger partial charge in [-0.2, -0.15) is 0 Å². The third-order valence-corrected chi connectivity index (χ3v) is 3.97. The van der Waals surface area contributed by atoms with Crippen LogP contribution >= 0.6 is 0 Å². The van der Waals surface area contributed by atoms with Crippen molar-refractivity contribution in [3.63, 3.8) is 0 Å². The van der Waals surface area contributed by atoms with Crippen LogP contribution in [0.2, 0.25) is 0 Å². The highest BCUT2D eigenvalue weighted by atomic mass is 16.5. The molecule has 1 saturated carbocycles. The van der Waals surface area contributed by atoms with E-state index in [4.69, 9.17) is 9.47 Å². The first-order valence-electron chi connectivity index (χ1n) is 6.37. The Balaban J connectivity index is 1.66. The van der Waals surface area contributed by atoms with Crippen molar-refractivity contribution in [2.24, 2.45) is 5.92 Å². The third-order valence-electron chi connectivity index (χ3n) is 3.97. The lowest BCUT2D eigenvalue weighted by Gasteiger charge is -2.42. The maximum atomic E-state index is 6.00. The molecule has 0 amide bonds. The molecule has 1 N–H and O–H groups in total. The van der Waals surface area contributed by atoms with Crippen molar-refractivity contribution in [2.75, 3.05) is 19.8 Å². The molecule has 0 radical (unpaired) electrons. The summed E-state index contributed by atoms with van der Waals surface area (Å²) in [5, 5.41) is 3.77. The van der Waals surface area contributed by atoms with E-state index in [2.05, 4.69) is 5.32 Å². The van der Waals surface area contributed by atoms with Crippen LogP contribution in [0.15, 0.2) is 0 Å². The molecule has 2 atom stereocenters. The van der Waals surface area contributed by atoms with E-state index in [1.54, 1.807) is 0 Å². The molecule has 3 heteroatoms. The second kappa shape index (κ2) is 4.04. The van der Waals surface area contributed by atoms with Gasteiger partial charge in [0, 0.05) is 19.1 Å². The van der Waals surface area contributed by atoms with Gasteiger partial charge in [0.05, 0.1) is 13.2 Å². The van der Waals surface area contributed by atoms with Crippen molar-refractivity contribution in [1.82, 2.24) is 5.32 Å². The first kappa shape index (κ1) is 10.1. The van der Waals surface area contributed by atoms with E-state index in [9.17, 15) is 0 Å². The molecular formula is C12H21NO2. The second-order valence-electron chi connectivity index (χ2n) is 5.19. The molecule has 0 aromatic rings. The van der Waals surface area contributed by atoms with Gasteiger partial charge in [0.2, 0.25) is 0 Å². The van der Waals surface area contributed by atoms with Crippen LogP contribution in [-0.2, 0) is 9.47 Å². The zero-order valence-electron chi connectivity index (χ0n) is 9.34. The van der Waals surface area contributed by atoms with E-state index in [1.807, 2.05) is 0 Å². The lowest BCUT2D eigenvalue weighted by Crippen LogP contribution is -2.57. The van der Waals surface area contributed by atoms with Gasteiger partial charge in [-0.25, -0.2) is 0 Å². The van der Waals surface area contributed by atoms with Gasteiger partial charge in [-0.3, -0.25) is 5.32 Å². The molecule has 3 aliphatic rings. The molecule has 2 aliphatic heterocycles. The highest BCUT2D eigenvalue weighted by molar-refractivity contribution is 4.94. The van der Waals surface area contributed by atoms with E-state index < -0.39 is 0 Å².